The monoisotopic (exact) mass is 411 g/mol. The number of halogens is 1. The first-order valence-corrected chi connectivity index (χ1v) is 10.2. The largest absolute Gasteiger partial charge is 0.352 e. The summed E-state index contributed by atoms with van der Waals surface area (Å²) in [6.07, 6.45) is 0.0633. The zero-order valence-electron chi connectivity index (χ0n) is 16.2. The lowest BCUT2D eigenvalue weighted by atomic mass is 10.1. The van der Waals surface area contributed by atoms with Crippen LogP contribution in [0.2, 0.25) is 0 Å². The lowest BCUT2D eigenvalue weighted by Gasteiger charge is -2.12. The van der Waals surface area contributed by atoms with Crippen LogP contribution in [0.25, 0.3) is 10.6 Å². The van der Waals surface area contributed by atoms with Gasteiger partial charge in [0.25, 0.3) is 5.91 Å². The average Bonchev–Trinajstić information content (AvgIpc) is 3.15. The minimum atomic E-state index is -0.329. The van der Waals surface area contributed by atoms with Gasteiger partial charge in [-0.05, 0) is 30.2 Å². The Labute approximate surface area is 173 Å². The second-order valence-corrected chi connectivity index (χ2v) is 7.89. The minimum Gasteiger partial charge on any atom is -0.352 e. The molecule has 2 N–H and O–H groups in total. The van der Waals surface area contributed by atoms with Crippen molar-refractivity contribution in [3.63, 3.8) is 0 Å². The van der Waals surface area contributed by atoms with E-state index in [4.69, 9.17) is 0 Å². The van der Waals surface area contributed by atoms with Gasteiger partial charge in [-0.2, -0.15) is 0 Å². The Balaban J connectivity index is 1.67. The maximum atomic E-state index is 13.4. The Morgan fingerprint density at radius 2 is 1.93 bits per heavy atom. The molecule has 0 bridgehead atoms. The molecule has 0 aliphatic rings. The van der Waals surface area contributed by atoms with E-state index in [1.54, 1.807) is 41.8 Å². The molecule has 150 valence electrons. The van der Waals surface area contributed by atoms with Crippen molar-refractivity contribution in [2.24, 2.45) is 5.92 Å². The number of benzene rings is 2. The molecule has 1 aromatic heterocycles. The van der Waals surface area contributed by atoms with Crippen LogP contribution in [0.5, 0.6) is 0 Å². The number of aromatic nitrogens is 1. The molecule has 0 aliphatic carbocycles. The highest BCUT2D eigenvalue weighted by Crippen LogP contribution is 2.24. The van der Waals surface area contributed by atoms with Crippen molar-refractivity contribution in [3.8, 4) is 10.6 Å². The third-order valence-corrected chi connectivity index (χ3v) is 5.02. The Bertz CT molecular complexity index is 1020. The summed E-state index contributed by atoms with van der Waals surface area (Å²) in [6.45, 7) is 4.59. The fraction of sp³-hybridized carbons (Fsp3) is 0.227. The fourth-order valence-corrected chi connectivity index (χ4v) is 3.50. The van der Waals surface area contributed by atoms with Crippen molar-refractivity contribution in [2.75, 3.05) is 11.9 Å². The highest BCUT2D eigenvalue weighted by Gasteiger charge is 2.15. The second kappa shape index (κ2) is 9.43. The molecule has 2 aromatic carbocycles. The molecule has 0 saturated carbocycles. The van der Waals surface area contributed by atoms with Crippen molar-refractivity contribution in [2.45, 2.75) is 20.3 Å². The second-order valence-electron chi connectivity index (χ2n) is 7.03. The van der Waals surface area contributed by atoms with Crippen molar-refractivity contribution < 1.29 is 14.0 Å². The van der Waals surface area contributed by atoms with E-state index in [-0.39, 0.29) is 24.1 Å². The van der Waals surface area contributed by atoms with E-state index < -0.39 is 0 Å². The Morgan fingerprint density at radius 1 is 1.14 bits per heavy atom. The molecule has 0 spiro atoms. The lowest BCUT2D eigenvalue weighted by Crippen LogP contribution is -2.28. The van der Waals surface area contributed by atoms with Crippen LogP contribution in [0, 0.1) is 11.7 Å². The molecule has 1 heterocycles. The van der Waals surface area contributed by atoms with Gasteiger partial charge in [0.2, 0.25) is 5.91 Å². The van der Waals surface area contributed by atoms with Crippen LogP contribution in [0.4, 0.5) is 10.1 Å². The zero-order valence-corrected chi connectivity index (χ0v) is 17.1. The molecule has 0 radical (unpaired) electrons. The summed E-state index contributed by atoms with van der Waals surface area (Å²) in [6, 6.07) is 13.1. The van der Waals surface area contributed by atoms with Gasteiger partial charge in [0.1, 0.15) is 10.8 Å². The SMILES string of the molecule is CC(C)CNC(=O)c1ccccc1NC(=O)Cc1csc(-c2cccc(F)c2)n1. The summed E-state index contributed by atoms with van der Waals surface area (Å²) in [7, 11) is 0. The number of para-hydroxylation sites is 1. The van der Waals surface area contributed by atoms with E-state index in [1.807, 2.05) is 13.8 Å². The highest BCUT2D eigenvalue weighted by molar-refractivity contribution is 7.13. The molecular weight excluding hydrogens is 389 g/mol. The van der Waals surface area contributed by atoms with Crippen molar-refractivity contribution in [1.82, 2.24) is 10.3 Å². The van der Waals surface area contributed by atoms with E-state index in [0.29, 0.717) is 40.0 Å². The molecule has 5 nitrogen and oxygen atoms in total. The summed E-state index contributed by atoms with van der Waals surface area (Å²) in [5, 5.41) is 8.08. The molecule has 0 atom stereocenters. The predicted octanol–water partition coefficient (Wildman–Crippen LogP) is 4.52. The van der Waals surface area contributed by atoms with Gasteiger partial charge < -0.3 is 10.6 Å². The van der Waals surface area contributed by atoms with Gasteiger partial charge in [0, 0.05) is 17.5 Å². The fourth-order valence-electron chi connectivity index (χ4n) is 2.68. The van der Waals surface area contributed by atoms with Crippen LogP contribution in [-0.2, 0) is 11.2 Å². The molecule has 29 heavy (non-hydrogen) atoms. The average molecular weight is 412 g/mol. The van der Waals surface area contributed by atoms with E-state index in [2.05, 4.69) is 15.6 Å². The van der Waals surface area contributed by atoms with Gasteiger partial charge in [0.05, 0.1) is 23.4 Å². The third-order valence-electron chi connectivity index (χ3n) is 4.08. The summed E-state index contributed by atoms with van der Waals surface area (Å²) in [5.74, 6) is -0.496. The number of anilines is 1. The van der Waals surface area contributed by atoms with Gasteiger partial charge in [-0.1, -0.05) is 38.1 Å². The van der Waals surface area contributed by atoms with Crippen LogP contribution in [0.15, 0.2) is 53.9 Å². The van der Waals surface area contributed by atoms with Gasteiger partial charge >= 0.3 is 0 Å². The number of carbonyl (C=O) groups is 2. The van der Waals surface area contributed by atoms with Gasteiger partial charge in [0.15, 0.2) is 0 Å². The minimum absolute atomic E-state index is 0.0633. The Hall–Kier alpha value is -3.06. The van der Waals surface area contributed by atoms with Crippen molar-refractivity contribution >= 4 is 28.8 Å². The van der Waals surface area contributed by atoms with Gasteiger partial charge in [-0.15, -0.1) is 11.3 Å². The van der Waals surface area contributed by atoms with Crippen LogP contribution >= 0.6 is 11.3 Å². The number of carbonyl (C=O) groups excluding carboxylic acids is 2. The standard InChI is InChI=1S/C22H22FN3O2S/c1-14(2)12-24-21(28)18-8-3-4-9-19(18)26-20(27)11-17-13-29-22(25-17)15-6-5-7-16(23)10-15/h3-10,13-14H,11-12H2,1-2H3,(H,24,28)(H,26,27). The molecule has 0 fully saturated rings. The van der Waals surface area contributed by atoms with Crippen molar-refractivity contribution in [1.29, 1.82) is 0 Å². The third kappa shape index (κ3) is 5.71. The number of nitrogens with zero attached hydrogens (tertiary/aromatic N) is 1. The molecule has 0 saturated heterocycles. The Kier molecular flexibility index (Phi) is 6.72. The normalized spacial score (nSPS) is 10.8. The van der Waals surface area contributed by atoms with Crippen LogP contribution in [-0.4, -0.2) is 23.3 Å². The quantitative estimate of drug-likeness (QED) is 0.601. The zero-order chi connectivity index (χ0) is 20.8. The number of hydrogen-bond donors (Lipinski definition) is 2. The topological polar surface area (TPSA) is 71.1 Å². The number of thiazole rings is 1. The lowest BCUT2D eigenvalue weighted by molar-refractivity contribution is -0.115. The molecular formula is C22H22FN3O2S. The van der Waals surface area contributed by atoms with E-state index in [1.165, 1.54) is 23.5 Å². The predicted molar refractivity (Wildman–Crippen MR) is 113 cm³/mol. The first-order chi connectivity index (χ1) is 13.9. The maximum absolute atomic E-state index is 13.4. The van der Waals surface area contributed by atoms with E-state index in [0.717, 1.165) is 0 Å². The molecule has 0 unspecified atom stereocenters. The first kappa shape index (κ1) is 20.7. The number of hydrogen-bond acceptors (Lipinski definition) is 4. The summed E-state index contributed by atoms with van der Waals surface area (Å²) < 4.78 is 13.4. The van der Waals surface area contributed by atoms with Crippen LogP contribution in [0.1, 0.15) is 29.9 Å². The van der Waals surface area contributed by atoms with E-state index >= 15 is 0 Å². The molecule has 7 heteroatoms. The van der Waals surface area contributed by atoms with Gasteiger partial charge in [-0.3, -0.25) is 9.59 Å². The first-order valence-electron chi connectivity index (χ1n) is 9.30. The Morgan fingerprint density at radius 3 is 2.69 bits per heavy atom. The smallest absolute Gasteiger partial charge is 0.253 e. The van der Waals surface area contributed by atoms with E-state index in [9.17, 15) is 14.0 Å². The molecule has 3 aromatic rings. The van der Waals surface area contributed by atoms with Crippen LogP contribution in [0.3, 0.4) is 0 Å². The number of amides is 2. The summed E-state index contributed by atoms with van der Waals surface area (Å²) in [4.78, 5) is 29.3. The number of nitrogens with one attached hydrogen (secondary N) is 2. The van der Waals surface area contributed by atoms with Crippen molar-refractivity contribution in [3.05, 3.63) is 71.0 Å². The molecule has 0 aliphatic heterocycles. The van der Waals surface area contributed by atoms with Gasteiger partial charge in [-0.25, -0.2) is 9.37 Å². The number of rotatable bonds is 7. The summed E-state index contributed by atoms with van der Waals surface area (Å²) >= 11 is 1.36. The van der Waals surface area contributed by atoms with Crippen LogP contribution < -0.4 is 10.6 Å². The highest BCUT2D eigenvalue weighted by atomic mass is 32.1. The molecule has 3 rings (SSSR count). The summed E-state index contributed by atoms with van der Waals surface area (Å²) in [5.41, 5.74) is 2.14. The maximum Gasteiger partial charge on any atom is 0.253 e. The molecule has 2 amide bonds.